The van der Waals surface area contributed by atoms with Gasteiger partial charge in [-0.1, -0.05) is 43.3 Å². The van der Waals surface area contributed by atoms with Crippen LogP contribution in [0.4, 0.5) is 0 Å². The predicted molar refractivity (Wildman–Crippen MR) is 95.1 cm³/mol. The van der Waals surface area contributed by atoms with E-state index in [-0.39, 0.29) is 0 Å². The van der Waals surface area contributed by atoms with Crippen molar-refractivity contribution >= 4 is 9.84 Å². The maximum Gasteiger partial charge on any atom is 0.227 e. The summed E-state index contributed by atoms with van der Waals surface area (Å²) in [5.41, 5.74) is 2.79. The minimum Gasteiger partial charge on any atom is -0.339 e. The molecule has 2 aliphatic rings. The van der Waals surface area contributed by atoms with Gasteiger partial charge in [-0.25, -0.2) is 8.42 Å². The molecule has 5 nitrogen and oxygen atoms in total. The lowest BCUT2D eigenvalue weighted by molar-refractivity contribution is 0.357. The van der Waals surface area contributed by atoms with Gasteiger partial charge in [-0.05, 0) is 48.1 Å². The Morgan fingerprint density at radius 3 is 2.52 bits per heavy atom. The molecule has 0 N–H and O–H groups in total. The van der Waals surface area contributed by atoms with Crippen LogP contribution >= 0.6 is 0 Å². The second-order valence-corrected chi connectivity index (χ2v) is 10.2. The van der Waals surface area contributed by atoms with Crippen molar-refractivity contribution in [2.45, 2.75) is 56.1 Å². The number of sulfone groups is 1. The summed E-state index contributed by atoms with van der Waals surface area (Å²) in [4.78, 5) is 4.46. The van der Waals surface area contributed by atoms with Crippen LogP contribution in [0.1, 0.15) is 67.8 Å². The Balaban J connectivity index is 1.58. The first-order chi connectivity index (χ1) is 11.8. The summed E-state index contributed by atoms with van der Waals surface area (Å²) >= 11 is 0. The lowest BCUT2D eigenvalue weighted by Crippen LogP contribution is -2.20. The van der Waals surface area contributed by atoms with E-state index in [4.69, 9.17) is 4.52 Å². The van der Waals surface area contributed by atoms with Crippen molar-refractivity contribution in [3.63, 3.8) is 0 Å². The third kappa shape index (κ3) is 2.71. The molecule has 2 atom stereocenters. The molecular weight excluding hydrogens is 336 g/mol. The van der Waals surface area contributed by atoms with Gasteiger partial charge in [0, 0.05) is 12.7 Å². The van der Waals surface area contributed by atoms with Gasteiger partial charge in [-0.3, -0.25) is 0 Å². The van der Waals surface area contributed by atoms with Crippen LogP contribution in [0.15, 0.2) is 28.8 Å². The van der Waals surface area contributed by atoms with Crippen molar-refractivity contribution in [3.8, 4) is 0 Å². The molecule has 2 aromatic rings. The maximum absolute atomic E-state index is 12.0. The molecule has 25 heavy (non-hydrogen) atoms. The fraction of sp³-hybridized carbons (Fsp3) is 0.579. The number of fused-ring (bicyclic) bond motifs is 1. The van der Waals surface area contributed by atoms with Crippen molar-refractivity contribution in [1.82, 2.24) is 10.1 Å². The van der Waals surface area contributed by atoms with Crippen LogP contribution in [0.3, 0.4) is 0 Å². The molecule has 0 unspecified atom stereocenters. The smallest absolute Gasteiger partial charge is 0.227 e. The average molecular weight is 360 g/mol. The average Bonchev–Trinajstić information content (AvgIpc) is 3.12. The van der Waals surface area contributed by atoms with Crippen LogP contribution in [-0.4, -0.2) is 24.8 Å². The fourth-order valence-corrected chi connectivity index (χ4v) is 5.47. The van der Waals surface area contributed by atoms with Gasteiger partial charge in [0.2, 0.25) is 5.89 Å². The zero-order valence-electron chi connectivity index (χ0n) is 14.9. The Morgan fingerprint density at radius 2 is 1.92 bits per heavy atom. The highest BCUT2D eigenvalue weighted by Crippen LogP contribution is 2.51. The minimum atomic E-state index is -3.21. The number of hydrogen-bond acceptors (Lipinski definition) is 5. The molecule has 0 saturated heterocycles. The van der Waals surface area contributed by atoms with E-state index in [9.17, 15) is 8.42 Å². The van der Waals surface area contributed by atoms with Crippen molar-refractivity contribution in [3.05, 3.63) is 47.1 Å². The molecule has 1 fully saturated rings. The number of nitrogens with zero attached hydrogens (tertiary/aromatic N) is 2. The SMILES string of the molecule is CC(C)[C@@H]1C[C@@H](Cc2nc(C3(S(C)(=O)=O)CC3)no2)c2ccccc21. The summed E-state index contributed by atoms with van der Waals surface area (Å²) in [6.45, 7) is 4.52. The van der Waals surface area contributed by atoms with E-state index in [0.717, 1.165) is 6.42 Å². The standard InChI is InChI=1S/C19H24N2O3S/c1-12(2)16-10-13(14-6-4-5-7-15(14)16)11-17-20-18(21-24-17)19(8-9-19)25(3,22)23/h4-7,12-13,16H,8-11H2,1-3H3/t13-,16-/m0/s1. The van der Waals surface area contributed by atoms with Crippen molar-refractivity contribution in [1.29, 1.82) is 0 Å². The van der Waals surface area contributed by atoms with Crippen LogP contribution in [0.5, 0.6) is 0 Å². The lowest BCUT2D eigenvalue weighted by Gasteiger charge is -2.15. The zero-order valence-corrected chi connectivity index (χ0v) is 15.7. The molecule has 6 heteroatoms. The molecule has 1 aromatic heterocycles. The zero-order chi connectivity index (χ0) is 17.8. The van der Waals surface area contributed by atoms with Crippen LogP contribution < -0.4 is 0 Å². The second-order valence-electron chi connectivity index (χ2n) is 7.89. The first kappa shape index (κ1) is 16.8. The van der Waals surface area contributed by atoms with Crippen LogP contribution in [0, 0.1) is 5.92 Å². The Morgan fingerprint density at radius 1 is 1.24 bits per heavy atom. The third-order valence-electron chi connectivity index (χ3n) is 5.89. The number of hydrogen-bond donors (Lipinski definition) is 0. The van der Waals surface area contributed by atoms with Crippen molar-refractivity contribution in [2.75, 3.05) is 6.26 Å². The first-order valence-electron chi connectivity index (χ1n) is 8.93. The van der Waals surface area contributed by atoms with E-state index in [1.807, 2.05) is 0 Å². The lowest BCUT2D eigenvalue weighted by atomic mass is 9.89. The predicted octanol–water partition coefficient (Wildman–Crippen LogP) is 3.57. The van der Waals surface area contributed by atoms with Gasteiger partial charge in [0.05, 0.1) is 0 Å². The van der Waals surface area contributed by atoms with Crippen LogP contribution in [0.25, 0.3) is 0 Å². The van der Waals surface area contributed by atoms with E-state index < -0.39 is 14.6 Å². The topological polar surface area (TPSA) is 73.1 Å². The molecular formula is C19H24N2O3S. The van der Waals surface area contributed by atoms with Crippen LogP contribution in [0.2, 0.25) is 0 Å². The highest BCUT2D eigenvalue weighted by molar-refractivity contribution is 7.91. The van der Waals surface area contributed by atoms with E-state index in [1.54, 1.807) is 0 Å². The minimum absolute atomic E-state index is 0.344. The van der Waals surface area contributed by atoms with Gasteiger partial charge in [-0.15, -0.1) is 0 Å². The molecule has 0 spiro atoms. The molecule has 0 amide bonds. The van der Waals surface area contributed by atoms with Gasteiger partial charge in [-0.2, -0.15) is 4.98 Å². The molecule has 0 aliphatic heterocycles. The molecule has 134 valence electrons. The van der Waals surface area contributed by atoms with E-state index in [2.05, 4.69) is 48.3 Å². The molecule has 4 rings (SSSR count). The van der Waals surface area contributed by atoms with Gasteiger partial charge in [0.25, 0.3) is 0 Å². The summed E-state index contributed by atoms with van der Waals surface area (Å²) in [6.07, 6.45) is 4.19. The van der Waals surface area contributed by atoms with Crippen LogP contribution in [-0.2, 0) is 21.0 Å². The molecule has 1 saturated carbocycles. The summed E-state index contributed by atoms with van der Waals surface area (Å²) in [6, 6.07) is 8.60. The second kappa shape index (κ2) is 5.66. The van der Waals surface area contributed by atoms with E-state index >= 15 is 0 Å². The molecule has 1 aromatic carbocycles. The summed E-state index contributed by atoms with van der Waals surface area (Å²) in [7, 11) is -3.21. The summed E-state index contributed by atoms with van der Waals surface area (Å²) in [5, 5.41) is 4.00. The van der Waals surface area contributed by atoms with E-state index in [0.29, 0.717) is 48.7 Å². The number of benzene rings is 1. The highest BCUT2D eigenvalue weighted by atomic mass is 32.2. The molecule has 0 bridgehead atoms. The highest BCUT2D eigenvalue weighted by Gasteiger charge is 2.57. The van der Waals surface area contributed by atoms with Gasteiger partial charge >= 0.3 is 0 Å². The van der Waals surface area contributed by atoms with Crippen molar-refractivity contribution in [2.24, 2.45) is 5.92 Å². The fourth-order valence-electron chi connectivity index (χ4n) is 4.21. The number of aromatic nitrogens is 2. The molecule has 0 radical (unpaired) electrons. The van der Waals surface area contributed by atoms with Crippen molar-refractivity contribution < 1.29 is 12.9 Å². The quantitative estimate of drug-likeness (QED) is 0.815. The Hall–Kier alpha value is -1.69. The third-order valence-corrected chi connectivity index (χ3v) is 7.90. The first-order valence-corrected chi connectivity index (χ1v) is 10.8. The summed E-state index contributed by atoms with van der Waals surface area (Å²) < 4.78 is 28.6. The monoisotopic (exact) mass is 360 g/mol. The normalized spacial score (nSPS) is 24.5. The van der Waals surface area contributed by atoms with Gasteiger partial charge in [0.1, 0.15) is 4.75 Å². The molecule has 2 aliphatic carbocycles. The number of rotatable bonds is 5. The maximum atomic E-state index is 12.0. The Labute approximate surface area is 148 Å². The van der Waals surface area contributed by atoms with E-state index in [1.165, 1.54) is 17.4 Å². The van der Waals surface area contributed by atoms with Gasteiger partial charge < -0.3 is 4.52 Å². The summed E-state index contributed by atoms with van der Waals surface area (Å²) in [5.74, 6) is 2.38. The largest absolute Gasteiger partial charge is 0.339 e. The molecule has 1 heterocycles. The Bertz CT molecular complexity index is 897. The van der Waals surface area contributed by atoms with Gasteiger partial charge in [0.15, 0.2) is 15.7 Å². The Kier molecular flexibility index (Phi) is 3.79.